The number of benzene rings is 1. The van der Waals surface area contributed by atoms with Crippen LogP contribution in [0, 0.1) is 5.41 Å². The van der Waals surface area contributed by atoms with Crippen molar-refractivity contribution in [2.45, 2.75) is 38.5 Å². The number of carbonyl (C=O) groups excluding carboxylic acids is 2. The standard InChI is InChI=1S/C17H23ClN2O3/c18-13-4-6-14(7-5-13)20-15(21)8-11-23-12-17(16(19)22)9-2-1-3-10-17/h4-7H,1-3,8-12H2,(H2,19,22)(H,20,21). The first-order valence-electron chi connectivity index (χ1n) is 7.95. The van der Waals surface area contributed by atoms with Gasteiger partial charge < -0.3 is 15.8 Å². The predicted octanol–water partition coefficient (Wildman–Crippen LogP) is 3.12. The van der Waals surface area contributed by atoms with E-state index >= 15 is 0 Å². The van der Waals surface area contributed by atoms with Gasteiger partial charge in [-0.05, 0) is 37.1 Å². The maximum atomic E-state index is 11.8. The lowest BCUT2D eigenvalue weighted by atomic mass is 9.74. The summed E-state index contributed by atoms with van der Waals surface area (Å²) in [5, 5.41) is 3.39. The molecule has 0 saturated heterocycles. The van der Waals surface area contributed by atoms with Crippen LogP contribution in [-0.2, 0) is 14.3 Å². The molecular formula is C17H23ClN2O3. The van der Waals surface area contributed by atoms with Crippen molar-refractivity contribution in [2.24, 2.45) is 11.1 Å². The van der Waals surface area contributed by atoms with Crippen molar-refractivity contribution in [2.75, 3.05) is 18.5 Å². The van der Waals surface area contributed by atoms with E-state index in [2.05, 4.69) is 5.32 Å². The molecular weight excluding hydrogens is 316 g/mol. The fourth-order valence-corrected chi connectivity index (χ4v) is 3.01. The monoisotopic (exact) mass is 338 g/mol. The van der Waals surface area contributed by atoms with Crippen LogP contribution in [0.3, 0.4) is 0 Å². The molecule has 1 aliphatic rings. The van der Waals surface area contributed by atoms with Gasteiger partial charge in [0.25, 0.3) is 0 Å². The number of nitrogens with two attached hydrogens (primary N) is 1. The molecule has 2 rings (SSSR count). The molecule has 3 N–H and O–H groups in total. The van der Waals surface area contributed by atoms with Crippen LogP contribution >= 0.6 is 11.6 Å². The average Bonchev–Trinajstić information content (AvgIpc) is 2.54. The summed E-state index contributed by atoms with van der Waals surface area (Å²) in [6.45, 7) is 0.574. The highest BCUT2D eigenvalue weighted by Gasteiger charge is 2.38. The van der Waals surface area contributed by atoms with Crippen LogP contribution in [0.1, 0.15) is 38.5 Å². The number of nitrogens with one attached hydrogen (secondary N) is 1. The Labute approximate surface area is 141 Å². The summed E-state index contributed by atoms with van der Waals surface area (Å²) in [5.74, 6) is -0.424. The van der Waals surface area contributed by atoms with Crippen LogP contribution < -0.4 is 11.1 Å². The Balaban J connectivity index is 1.72. The lowest BCUT2D eigenvalue weighted by Gasteiger charge is -2.33. The lowest BCUT2D eigenvalue weighted by Crippen LogP contribution is -2.42. The zero-order chi connectivity index (χ0) is 16.7. The minimum absolute atomic E-state index is 0.135. The number of halogens is 1. The van der Waals surface area contributed by atoms with Gasteiger partial charge >= 0.3 is 0 Å². The van der Waals surface area contributed by atoms with E-state index in [0.717, 1.165) is 32.1 Å². The third kappa shape index (κ3) is 5.22. The molecule has 0 spiro atoms. The smallest absolute Gasteiger partial charge is 0.226 e. The summed E-state index contributed by atoms with van der Waals surface area (Å²) in [6.07, 6.45) is 4.93. The molecule has 1 saturated carbocycles. The van der Waals surface area contributed by atoms with Crippen molar-refractivity contribution in [1.29, 1.82) is 0 Å². The number of amides is 2. The predicted molar refractivity (Wildman–Crippen MR) is 90.2 cm³/mol. The SMILES string of the molecule is NC(=O)C1(COCCC(=O)Nc2ccc(Cl)cc2)CCCCC1. The molecule has 126 valence electrons. The van der Waals surface area contributed by atoms with Crippen LogP contribution in [0.5, 0.6) is 0 Å². The zero-order valence-corrected chi connectivity index (χ0v) is 13.9. The Morgan fingerprint density at radius 3 is 2.43 bits per heavy atom. The van der Waals surface area contributed by atoms with E-state index in [1.807, 2.05) is 0 Å². The van der Waals surface area contributed by atoms with E-state index in [9.17, 15) is 9.59 Å². The van der Waals surface area contributed by atoms with Gasteiger partial charge in [0.2, 0.25) is 11.8 Å². The highest BCUT2D eigenvalue weighted by molar-refractivity contribution is 6.30. The Morgan fingerprint density at radius 1 is 1.17 bits per heavy atom. The van der Waals surface area contributed by atoms with E-state index in [-0.39, 0.29) is 24.8 Å². The van der Waals surface area contributed by atoms with Crippen LogP contribution in [-0.4, -0.2) is 25.0 Å². The first kappa shape index (κ1) is 17.8. The van der Waals surface area contributed by atoms with Crippen molar-refractivity contribution in [1.82, 2.24) is 0 Å². The van der Waals surface area contributed by atoms with Gasteiger partial charge in [0.15, 0.2) is 0 Å². The van der Waals surface area contributed by atoms with Crippen LogP contribution in [0.2, 0.25) is 5.02 Å². The number of hydrogen-bond donors (Lipinski definition) is 2. The molecule has 1 fully saturated rings. The lowest BCUT2D eigenvalue weighted by molar-refractivity contribution is -0.134. The summed E-state index contributed by atoms with van der Waals surface area (Å²) >= 11 is 5.79. The third-order valence-corrected chi connectivity index (χ3v) is 4.57. The number of carbonyl (C=O) groups is 2. The molecule has 0 aromatic heterocycles. The van der Waals surface area contributed by atoms with Crippen LogP contribution in [0.25, 0.3) is 0 Å². The highest BCUT2D eigenvalue weighted by atomic mass is 35.5. The molecule has 1 aliphatic carbocycles. The molecule has 0 unspecified atom stereocenters. The highest BCUT2D eigenvalue weighted by Crippen LogP contribution is 2.36. The number of primary amides is 1. The second kappa shape index (κ2) is 8.31. The minimum Gasteiger partial charge on any atom is -0.380 e. The van der Waals surface area contributed by atoms with E-state index in [1.54, 1.807) is 24.3 Å². The van der Waals surface area contributed by atoms with Gasteiger partial charge in [-0.3, -0.25) is 9.59 Å². The van der Waals surface area contributed by atoms with Crippen molar-refractivity contribution in [3.05, 3.63) is 29.3 Å². The molecule has 1 aromatic rings. The first-order valence-corrected chi connectivity index (χ1v) is 8.33. The number of anilines is 1. The molecule has 23 heavy (non-hydrogen) atoms. The van der Waals surface area contributed by atoms with Gasteiger partial charge in [0.05, 0.1) is 25.0 Å². The molecule has 0 bridgehead atoms. The second-order valence-electron chi connectivity index (χ2n) is 6.06. The topological polar surface area (TPSA) is 81.4 Å². The fourth-order valence-electron chi connectivity index (χ4n) is 2.88. The maximum Gasteiger partial charge on any atom is 0.226 e. The molecule has 1 aromatic carbocycles. The van der Waals surface area contributed by atoms with Crippen molar-refractivity contribution in [3.8, 4) is 0 Å². The normalized spacial score (nSPS) is 16.7. The summed E-state index contributed by atoms with van der Waals surface area (Å²) in [5.41, 5.74) is 5.69. The van der Waals surface area contributed by atoms with Crippen LogP contribution in [0.4, 0.5) is 5.69 Å². The van der Waals surface area contributed by atoms with E-state index < -0.39 is 5.41 Å². The molecule has 6 heteroatoms. The quantitative estimate of drug-likeness (QED) is 0.749. The Bertz CT molecular complexity index is 539. The minimum atomic E-state index is -0.551. The average molecular weight is 339 g/mol. The Hall–Kier alpha value is -1.59. The summed E-state index contributed by atoms with van der Waals surface area (Å²) in [6, 6.07) is 6.91. The molecule has 0 atom stereocenters. The largest absolute Gasteiger partial charge is 0.380 e. The number of rotatable bonds is 7. The van der Waals surface area contributed by atoms with Gasteiger partial charge in [-0.25, -0.2) is 0 Å². The van der Waals surface area contributed by atoms with Gasteiger partial charge in [-0.1, -0.05) is 30.9 Å². The summed E-state index contributed by atoms with van der Waals surface area (Å²) in [4.78, 5) is 23.6. The van der Waals surface area contributed by atoms with Crippen molar-refractivity contribution in [3.63, 3.8) is 0 Å². The zero-order valence-electron chi connectivity index (χ0n) is 13.1. The molecule has 0 radical (unpaired) electrons. The Kier molecular flexibility index (Phi) is 6.42. The molecule has 5 nitrogen and oxygen atoms in total. The van der Waals surface area contributed by atoms with E-state index in [4.69, 9.17) is 22.1 Å². The van der Waals surface area contributed by atoms with Gasteiger partial charge in [-0.15, -0.1) is 0 Å². The molecule has 0 aliphatic heterocycles. The maximum absolute atomic E-state index is 11.8. The van der Waals surface area contributed by atoms with Gasteiger partial charge in [0.1, 0.15) is 0 Å². The summed E-state index contributed by atoms with van der Waals surface area (Å²) < 4.78 is 5.58. The van der Waals surface area contributed by atoms with Crippen molar-refractivity contribution >= 4 is 29.1 Å². The van der Waals surface area contributed by atoms with E-state index in [0.29, 0.717) is 17.3 Å². The Morgan fingerprint density at radius 2 is 1.83 bits per heavy atom. The fraction of sp³-hybridized carbons (Fsp3) is 0.529. The van der Waals surface area contributed by atoms with Gasteiger partial charge in [-0.2, -0.15) is 0 Å². The molecule has 2 amide bonds. The second-order valence-corrected chi connectivity index (χ2v) is 6.50. The van der Waals surface area contributed by atoms with Crippen LogP contribution in [0.15, 0.2) is 24.3 Å². The summed E-state index contributed by atoms with van der Waals surface area (Å²) in [7, 11) is 0. The first-order chi connectivity index (χ1) is 11.0. The molecule has 0 heterocycles. The van der Waals surface area contributed by atoms with Gasteiger partial charge in [0, 0.05) is 10.7 Å². The van der Waals surface area contributed by atoms with Crippen molar-refractivity contribution < 1.29 is 14.3 Å². The number of hydrogen-bond acceptors (Lipinski definition) is 3. The number of ether oxygens (including phenoxy) is 1. The van der Waals surface area contributed by atoms with E-state index in [1.165, 1.54) is 0 Å². The third-order valence-electron chi connectivity index (χ3n) is 4.31.